The lowest BCUT2D eigenvalue weighted by atomic mass is 9.64. The molecule has 138 valence electrons. The van der Waals surface area contributed by atoms with Gasteiger partial charge in [0.15, 0.2) is 5.41 Å². The van der Waals surface area contributed by atoms with Crippen molar-refractivity contribution in [2.45, 2.75) is 25.7 Å². The van der Waals surface area contributed by atoms with Crippen LogP contribution >= 0.6 is 0 Å². The van der Waals surface area contributed by atoms with Crippen molar-refractivity contribution >= 4 is 18.1 Å². The number of aliphatic carboxylic acids is 1. The Balaban J connectivity index is 1.91. The molecule has 3 rings (SSSR count). The molecular weight excluding hydrogens is 342 g/mol. The third-order valence-corrected chi connectivity index (χ3v) is 4.95. The maximum Gasteiger partial charge on any atom is 0.320 e. The van der Waals surface area contributed by atoms with Crippen LogP contribution < -0.4 is 5.43 Å². The number of hydrogen-bond donors (Lipinski definition) is 2. The molecular formula is C21H21N3O3. The summed E-state index contributed by atoms with van der Waals surface area (Å²) in [5, 5.41) is 14.0. The van der Waals surface area contributed by atoms with Gasteiger partial charge in [0.1, 0.15) is 0 Å². The van der Waals surface area contributed by atoms with Crippen LogP contribution in [-0.2, 0) is 9.59 Å². The Hall–Kier alpha value is -3.28. The zero-order valence-corrected chi connectivity index (χ0v) is 15.0. The predicted molar refractivity (Wildman–Crippen MR) is 102 cm³/mol. The quantitative estimate of drug-likeness (QED) is 0.369. The van der Waals surface area contributed by atoms with Gasteiger partial charge in [0.05, 0.1) is 6.21 Å². The second kappa shape index (κ2) is 7.95. The van der Waals surface area contributed by atoms with Gasteiger partial charge in [-0.25, -0.2) is 5.43 Å². The van der Waals surface area contributed by atoms with Gasteiger partial charge in [0.25, 0.3) is 5.91 Å². The molecule has 0 fully saturated rings. The van der Waals surface area contributed by atoms with E-state index in [0.717, 1.165) is 11.1 Å². The van der Waals surface area contributed by atoms with E-state index in [1.807, 2.05) is 43.3 Å². The summed E-state index contributed by atoms with van der Waals surface area (Å²) in [6, 6.07) is 12.9. The van der Waals surface area contributed by atoms with E-state index in [-0.39, 0.29) is 6.42 Å². The van der Waals surface area contributed by atoms with Gasteiger partial charge in [0, 0.05) is 23.9 Å². The summed E-state index contributed by atoms with van der Waals surface area (Å²) in [7, 11) is 0. The van der Waals surface area contributed by atoms with E-state index in [1.165, 1.54) is 6.21 Å². The predicted octanol–water partition coefficient (Wildman–Crippen LogP) is 3.13. The molecule has 1 amide bonds. The molecule has 2 atom stereocenters. The minimum atomic E-state index is -1.60. The number of carbonyl (C=O) groups is 2. The fourth-order valence-electron chi connectivity index (χ4n) is 3.45. The zero-order valence-electron chi connectivity index (χ0n) is 15.0. The van der Waals surface area contributed by atoms with Crippen LogP contribution in [0.1, 0.15) is 36.8 Å². The van der Waals surface area contributed by atoms with Gasteiger partial charge in [-0.15, -0.1) is 0 Å². The second-order valence-corrected chi connectivity index (χ2v) is 6.68. The van der Waals surface area contributed by atoms with E-state index in [9.17, 15) is 14.7 Å². The number of carbonyl (C=O) groups excluding carboxylic acids is 1. The molecule has 2 N–H and O–H groups in total. The van der Waals surface area contributed by atoms with Crippen LogP contribution in [-0.4, -0.2) is 28.2 Å². The molecule has 0 bridgehead atoms. The first-order valence-electron chi connectivity index (χ1n) is 8.71. The first-order chi connectivity index (χ1) is 13.0. The molecule has 6 heteroatoms. The number of carboxylic acid groups (broad SMARTS) is 1. The molecule has 2 aromatic rings. The van der Waals surface area contributed by atoms with Gasteiger partial charge in [-0.2, -0.15) is 5.10 Å². The first kappa shape index (κ1) is 18.5. The summed E-state index contributed by atoms with van der Waals surface area (Å²) in [5.74, 6) is -2.23. The van der Waals surface area contributed by atoms with Crippen molar-refractivity contribution in [3.63, 3.8) is 0 Å². The van der Waals surface area contributed by atoms with E-state index in [0.29, 0.717) is 12.0 Å². The maximum absolute atomic E-state index is 13.0. The van der Waals surface area contributed by atoms with Gasteiger partial charge in [-0.05, 0) is 31.4 Å². The number of pyridine rings is 1. The molecule has 1 heterocycles. The highest BCUT2D eigenvalue weighted by Crippen LogP contribution is 2.47. The Morgan fingerprint density at radius 3 is 2.70 bits per heavy atom. The lowest BCUT2D eigenvalue weighted by Gasteiger charge is -2.38. The summed E-state index contributed by atoms with van der Waals surface area (Å²) in [5.41, 5.74) is 3.44. The van der Waals surface area contributed by atoms with Crippen molar-refractivity contribution in [2.75, 3.05) is 0 Å². The van der Waals surface area contributed by atoms with E-state index < -0.39 is 23.2 Å². The van der Waals surface area contributed by atoms with E-state index in [4.69, 9.17) is 0 Å². The Kier molecular flexibility index (Phi) is 5.45. The van der Waals surface area contributed by atoms with Crippen LogP contribution in [0.15, 0.2) is 71.6 Å². The summed E-state index contributed by atoms with van der Waals surface area (Å²) >= 11 is 0. The van der Waals surface area contributed by atoms with Crippen molar-refractivity contribution < 1.29 is 14.7 Å². The minimum absolute atomic E-state index is 0.127. The van der Waals surface area contributed by atoms with E-state index >= 15 is 0 Å². The highest BCUT2D eigenvalue weighted by Gasteiger charge is 2.53. The maximum atomic E-state index is 13.0. The SMILES string of the molecule is CC1=CCC(C(=O)O)(C(=O)NN=Cc2cccnc2)C(c2ccccc2)C1. The lowest BCUT2D eigenvalue weighted by Crippen LogP contribution is -2.50. The number of amides is 1. The van der Waals surface area contributed by atoms with Gasteiger partial charge in [-0.3, -0.25) is 14.6 Å². The first-order valence-corrected chi connectivity index (χ1v) is 8.71. The normalized spacial score (nSPS) is 22.3. The number of rotatable bonds is 5. The van der Waals surface area contributed by atoms with E-state index in [1.54, 1.807) is 24.5 Å². The topological polar surface area (TPSA) is 91.6 Å². The highest BCUT2D eigenvalue weighted by molar-refractivity contribution is 6.03. The molecule has 0 radical (unpaired) electrons. The molecule has 0 aliphatic heterocycles. The molecule has 1 aromatic heterocycles. The summed E-state index contributed by atoms with van der Waals surface area (Å²) in [4.78, 5) is 29.2. The number of nitrogens with one attached hydrogen (secondary N) is 1. The second-order valence-electron chi connectivity index (χ2n) is 6.68. The Morgan fingerprint density at radius 1 is 1.26 bits per heavy atom. The number of benzene rings is 1. The summed E-state index contributed by atoms with van der Waals surface area (Å²) < 4.78 is 0. The average Bonchev–Trinajstić information content (AvgIpc) is 2.69. The van der Waals surface area contributed by atoms with Crippen LogP contribution in [0.3, 0.4) is 0 Å². The molecule has 0 saturated carbocycles. The van der Waals surface area contributed by atoms with Crippen molar-refractivity contribution in [2.24, 2.45) is 10.5 Å². The summed E-state index contributed by atoms with van der Waals surface area (Å²) in [6.45, 7) is 1.96. The third kappa shape index (κ3) is 3.79. The van der Waals surface area contributed by atoms with Crippen molar-refractivity contribution in [3.8, 4) is 0 Å². The molecule has 1 aliphatic rings. The number of hydrogen-bond acceptors (Lipinski definition) is 4. The number of aromatic nitrogens is 1. The van der Waals surface area contributed by atoms with Gasteiger partial charge < -0.3 is 5.11 Å². The number of carboxylic acids is 1. The van der Waals surface area contributed by atoms with Crippen molar-refractivity contribution in [1.29, 1.82) is 0 Å². The Labute approximate surface area is 157 Å². The minimum Gasteiger partial charge on any atom is -0.480 e. The fourth-order valence-corrected chi connectivity index (χ4v) is 3.45. The fraction of sp³-hybridized carbons (Fsp3) is 0.238. The molecule has 27 heavy (non-hydrogen) atoms. The zero-order chi connectivity index (χ0) is 19.3. The monoisotopic (exact) mass is 363 g/mol. The Bertz CT molecular complexity index is 878. The van der Waals surface area contributed by atoms with Crippen LogP contribution in [0.4, 0.5) is 0 Å². The van der Waals surface area contributed by atoms with Crippen LogP contribution in [0.2, 0.25) is 0 Å². The molecule has 0 saturated heterocycles. The van der Waals surface area contributed by atoms with E-state index in [2.05, 4.69) is 15.5 Å². The largest absolute Gasteiger partial charge is 0.480 e. The summed E-state index contributed by atoms with van der Waals surface area (Å²) in [6.07, 6.45) is 7.15. The smallest absolute Gasteiger partial charge is 0.320 e. The standard InChI is InChI=1S/C21H21N3O3/c1-15-9-10-21(20(26)27,18(12-15)17-7-3-2-4-8-17)19(25)24-23-14-16-6-5-11-22-13-16/h2-9,11,13-14,18H,10,12H2,1H3,(H,24,25)(H,26,27). The molecule has 1 aromatic carbocycles. The molecule has 0 spiro atoms. The highest BCUT2D eigenvalue weighted by atomic mass is 16.4. The lowest BCUT2D eigenvalue weighted by molar-refractivity contribution is -0.158. The number of allylic oxidation sites excluding steroid dienone is 2. The third-order valence-electron chi connectivity index (χ3n) is 4.95. The van der Waals surface area contributed by atoms with Crippen LogP contribution in [0.25, 0.3) is 0 Å². The van der Waals surface area contributed by atoms with Crippen molar-refractivity contribution in [3.05, 3.63) is 77.6 Å². The molecule has 6 nitrogen and oxygen atoms in total. The average molecular weight is 363 g/mol. The van der Waals surface area contributed by atoms with Crippen molar-refractivity contribution in [1.82, 2.24) is 10.4 Å². The van der Waals surface area contributed by atoms with Gasteiger partial charge >= 0.3 is 5.97 Å². The van der Waals surface area contributed by atoms with Gasteiger partial charge in [0.2, 0.25) is 0 Å². The number of hydrazone groups is 1. The Morgan fingerprint density at radius 2 is 2.04 bits per heavy atom. The number of nitrogens with zero attached hydrogens (tertiary/aromatic N) is 2. The van der Waals surface area contributed by atoms with Crippen LogP contribution in [0.5, 0.6) is 0 Å². The molecule has 2 unspecified atom stereocenters. The van der Waals surface area contributed by atoms with Crippen LogP contribution in [0, 0.1) is 5.41 Å². The molecule has 1 aliphatic carbocycles. The van der Waals surface area contributed by atoms with Gasteiger partial charge in [-0.1, -0.05) is 48.0 Å².